The first kappa shape index (κ1) is 26.2. The van der Waals surface area contributed by atoms with Gasteiger partial charge in [0.25, 0.3) is 5.91 Å². The lowest BCUT2D eigenvalue weighted by Gasteiger charge is -2.38. The molecule has 6 nitrogen and oxygen atoms in total. The Labute approximate surface area is 208 Å². The molecule has 184 valence electrons. The van der Waals surface area contributed by atoms with Gasteiger partial charge in [-0.3, -0.25) is 14.5 Å². The van der Waals surface area contributed by atoms with Crippen LogP contribution in [0.25, 0.3) is 0 Å². The van der Waals surface area contributed by atoms with Crippen molar-refractivity contribution < 1.29 is 14.3 Å². The van der Waals surface area contributed by atoms with Crippen molar-refractivity contribution >= 4 is 23.4 Å². The fourth-order valence-corrected chi connectivity index (χ4v) is 4.85. The van der Waals surface area contributed by atoms with Gasteiger partial charge in [0.05, 0.1) is 36.3 Å². The molecule has 0 saturated carbocycles. The van der Waals surface area contributed by atoms with Crippen LogP contribution in [-0.2, 0) is 9.53 Å². The minimum atomic E-state index is -0.458. The lowest BCUT2D eigenvalue weighted by molar-refractivity contribution is -0.122. The minimum absolute atomic E-state index is 0.0856. The van der Waals surface area contributed by atoms with E-state index >= 15 is 0 Å². The normalized spacial score (nSPS) is 16.1. The molecule has 0 radical (unpaired) electrons. The van der Waals surface area contributed by atoms with Gasteiger partial charge in [0.1, 0.15) is 0 Å². The van der Waals surface area contributed by atoms with Gasteiger partial charge in [-0.05, 0) is 23.6 Å². The Morgan fingerprint density at radius 2 is 1.65 bits per heavy atom. The quantitative estimate of drug-likeness (QED) is 0.493. The van der Waals surface area contributed by atoms with Gasteiger partial charge in [0.2, 0.25) is 5.91 Å². The number of amides is 2. The molecule has 3 rings (SSSR count). The van der Waals surface area contributed by atoms with Crippen molar-refractivity contribution in [2.45, 2.75) is 45.2 Å². The van der Waals surface area contributed by atoms with E-state index in [1.807, 2.05) is 30.3 Å². The Bertz CT molecular complexity index is 914. The van der Waals surface area contributed by atoms with E-state index in [1.165, 1.54) is 0 Å². The third-order valence-corrected chi connectivity index (χ3v) is 6.96. The highest BCUT2D eigenvalue weighted by molar-refractivity contribution is 6.33. The molecule has 2 amide bonds. The molecule has 2 aromatic carbocycles. The summed E-state index contributed by atoms with van der Waals surface area (Å²) < 4.78 is 5.53. The lowest BCUT2D eigenvalue weighted by Crippen LogP contribution is -2.52. The zero-order valence-electron chi connectivity index (χ0n) is 20.1. The molecule has 34 heavy (non-hydrogen) atoms. The Hall–Kier alpha value is -2.41. The van der Waals surface area contributed by atoms with Crippen molar-refractivity contribution in [3.8, 4) is 0 Å². The maximum Gasteiger partial charge on any atom is 0.253 e. The number of carbonyl (C=O) groups is 2. The maximum absolute atomic E-state index is 13.1. The number of carbonyl (C=O) groups excluding carboxylic acids is 2. The molecule has 7 heteroatoms. The summed E-state index contributed by atoms with van der Waals surface area (Å²) in [6.07, 6.45) is 2.28. The first-order valence-corrected chi connectivity index (χ1v) is 12.6. The molecule has 2 atom stereocenters. The molecular weight excluding hydrogens is 450 g/mol. The van der Waals surface area contributed by atoms with Gasteiger partial charge in [-0.1, -0.05) is 80.8 Å². The first-order chi connectivity index (χ1) is 16.5. The number of hydrogen-bond acceptors (Lipinski definition) is 4. The van der Waals surface area contributed by atoms with Crippen molar-refractivity contribution in [3.05, 3.63) is 70.7 Å². The number of morpholine rings is 1. The van der Waals surface area contributed by atoms with Crippen LogP contribution in [0.3, 0.4) is 0 Å². The monoisotopic (exact) mass is 485 g/mol. The second kappa shape index (κ2) is 13.5. The molecule has 1 fully saturated rings. The summed E-state index contributed by atoms with van der Waals surface area (Å²) in [5, 5.41) is 6.55. The summed E-state index contributed by atoms with van der Waals surface area (Å²) in [6, 6.07) is 16.3. The van der Waals surface area contributed by atoms with E-state index in [1.54, 1.807) is 24.3 Å². The van der Waals surface area contributed by atoms with Crippen LogP contribution in [0.4, 0.5) is 0 Å². The highest BCUT2D eigenvalue weighted by Crippen LogP contribution is 2.22. The van der Waals surface area contributed by atoms with Crippen molar-refractivity contribution in [2.75, 3.05) is 32.8 Å². The summed E-state index contributed by atoms with van der Waals surface area (Å²) >= 11 is 6.22. The first-order valence-electron chi connectivity index (χ1n) is 12.2. The van der Waals surface area contributed by atoms with Gasteiger partial charge in [-0.15, -0.1) is 0 Å². The summed E-state index contributed by atoms with van der Waals surface area (Å²) in [6.45, 7) is 8.24. The molecule has 1 aliphatic heterocycles. The summed E-state index contributed by atoms with van der Waals surface area (Å²) in [5.74, 6) is 0.122. The molecule has 0 aliphatic carbocycles. The SMILES string of the molecule is CCC(CC)[C@H](CNC(=O)C[C@@H](NC(=O)c1ccccc1Cl)c1ccccc1)N1CCOCC1. The van der Waals surface area contributed by atoms with E-state index in [4.69, 9.17) is 16.3 Å². The molecule has 1 saturated heterocycles. The minimum Gasteiger partial charge on any atom is -0.379 e. The maximum atomic E-state index is 13.1. The average Bonchev–Trinajstić information content (AvgIpc) is 2.87. The summed E-state index contributed by atoms with van der Waals surface area (Å²) in [7, 11) is 0. The fourth-order valence-electron chi connectivity index (χ4n) is 4.63. The molecule has 1 aliphatic rings. The molecule has 0 bridgehead atoms. The van der Waals surface area contributed by atoms with Crippen LogP contribution < -0.4 is 10.6 Å². The number of halogens is 1. The molecule has 0 aromatic heterocycles. The predicted molar refractivity (Wildman–Crippen MR) is 136 cm³/mol. The van der Waals surface area contributed by atoms with Crippen LogP contribution in [0.15, 0.2) is 54.6 Å². The Morgan fingerprint density at radius 3 is 2.29 bits per heavy atom. The standard InChI is InChI=1S/C27H36ClN3O3/c1-3-20(4-2)25(31-14-16-34-17-15-31)19-29-26(32)18-24(21-10-6-5-7-11-21)30-27(33)22-12-8-9-13-23(22)28/h5-13,20,24-25H,3-4,14-19H2,1-2H3,(H,29,32)(H,30,33)/t24-,25+/m1/s1. The third kappa shape index (κ3) is 7.29. The Balaban J connectivity index is 1.68. The van der Waals surface area contributed by atoms with Crippen LogP contribution in [0.1, 0.15) is 55.1 Å². The second-order valence-electron chi connectivity index (χ2n) is 8.72. The third-order valence-electron chi connectivity index (χ3n) is 6.63. The van der Waals surface area contributed by atoms with Gasteiger partial charge in [-0.2, -0.15) is 0 Å². The van der Waals surface area contributed by atoms with E-state index in [0.29, 0.717) is 23.0 Å². The lowest BCUT2D eigenvalue weighted by atomic mass is 9.92. The average molecular weight is 486 g/mol. The van der Waals surface area contributed by atoms with Crippen LogP contribution in [0, 0.1) is 5.92 Å². The molecule has 1 heterocycles. The fraction of sp³-hybridized carbons (Fsp3) is 0.481. The number of benzene rings is 2. The van der Waals surface area contributed by atoms with Crippen molar-refractivity contribution in [1.82, 2.24) is 15.5 Å². The number of ether oxygens (including phenoxy) is 1. The highest BCUT2D eigenvalue weighted by atomic mass is 35.5. The second-order valence-corrected chi connectivity index (χ2v) is 9.12. The van der Waals surface area contributed by atoms with Crippen molar-refractivity contribution in [2.24, 2.45) is 5.92 Å². The van der Waals surface area contributed by atoms with Crippen LogP contribution in [0.5, 0.6) is 0 Å². The predicted octanol–water partition coefficient (Wildman–Crippen LogP) is 4.45. The van der Waals surface area contributed by atoms with E-state index < -0.39 is 6.04 Å². The molecule has 0 spiro atoms. The molecule has 2 N–H and O–H groups in total. The van der Waals surface area contributed by atoms with Gasteiger partial charge >= 0.3 is 0 Å². The van der Waals surface area contributed by atoms with E-state index in [0.717, 1.165) is 44.7 Å². The molecular formula is C27H36ClN3O3. The number of nitrogens with zero attached hydrogens (tertiary/aromatic N) is 1. The van der Waals surface area contributed by atoms with Crippen molar-refractivity contribution in [1.29, 1.82) is 0 Å². The smallest absolute Gasteiger partial charge is 0.253 e. The van der Waals surface area contributed by atoms with Gasteiger partial charge in [0, 0.05) is 25.7 Å². The Morgan fingerprint density at radius 1 is 1.00 bits per heavy atom. The van der Waals surface area contributed by atoms with E-state index in [2.05, 4.69) is 29.4 Å². The van der Waals surface area contributed by atoms with Gasteiger partial charge in [-0.25, -0.2) is 0 Å². The largest absolute Gasteiger partial charge is 0.379 e. The van der Waals surface area contributed by atoms with Gasteiger partial charge < -0.3 is 15.4 Å². The van der Waals surface area contributed by atoms with Crippen LogP contribution >= 0.6 is 11.6 Å². The molecule has 0 unspecified atom stereocenters. The Kier molecular flexibility index (Phi) is 10.4. The van der Waals surface area contributed by atoms with Gasteiger partial charge in [0.15, 0.2) is 0 Å². The van der Waals surface area contributed by atoms with E-state index in [-0.39, 0.29) is 24.3 Å². The molecule has 2 aromatic rings. The van der Waals surface area contributed by atoms with Crippen molar-refractivity contribution in [3.63, 3.8) is 0 Å². The highest BCUT2D eigenvalue weighted by Gasteiger charge is 2.28. The summed E-state index contributed by atoms with van der Waals surface area (Å²) in [5.41, 5.74) is 1.27. The van der Waals surface area contributed by atoms with E-state index in [9.17, 15) is 9.59 Å². The van der Waals surface area contributed by atoms with Crippen LogP contribution in [-0.4, -0.2) is 55.6 Å². The topological polar surface area (TPSA) is 70.7 Å². The van der Waals surface area contributed by atoms with Crippen LogP contribution in [0.2, 0.25) is 5.02 Å². The zero-order valence-corrected chi connectivity index (χ0v) is 20.9. The zero-order chi connectivity index (χ0) is 24.3. The number of rotatable bonds is 11. The summed E-state index contributed by atoms with van der Waals surface area (Å²) in [4.78, 5) is 28.4. The number of nitrogens with one attached hydrogen (secondary N) is 2. The number of hydrogen-bond donors (Lipinski definition) is 2.